The van der Waals surface area contributed by atoms with Crippen LogP contribution in [0.1, 0.15) is 69.4 Å². The summed E-state index contributed by atoms with van der Waals surface area (Å²) in [5.41, 5.74) is 2.83. The molecule has 0 saturated carbocycles. The smallest absolute Gasteiger partial charge is 0.342 e. The molecule has 2 aromatic rings. The number of aryl methyl sites for hydroxylation is 2. The number of pyridine rings is 1. The summed E-state index contributed by atoms with van der Waals surface area (Å²) >= 11 is 0. The largest absolute Gasteiger partial charge is 0.462 e. The van der Waals surface area contributed by atoms with Gasteiger partial charge < -0.3 is 10.1 Å². The molecule has 6 nitrogen and oxygen atoms in total. The van der Waals surface area contributed by atoms with E-state index in [0.29, 0.717) is 23.9 Å². The van der Waals surface area contributed by atoms with Gasteiger partial charge in [-0.1, -0.05) is 26.7 Å². The minimum absolute atomic E-state index is 0.318. The van der Waals surface area contributed by atoms with E-state index in [2.05, 4.69) is 29.2 Å². The van der Waals surface area contributed by atoms with Crippen LogP contribution in [0.3, 0.4) is 0 Å². The van der Waals surface area contributed by atoms with Crippen LogP contribution in [0.25, 0.3) is 11.0 Å². The van der Waals surface area contributed by atoms with Crippen molar-refractivity contribution < 1.29 is 9.53 Å². The molecule has 2 aromatic heterocycles. The van der Waals surface area contributed by atoms with E-state index >= 15 is 0 Å². The zero-order chi connectivity index (χ0) is 18.4. The van der Waals surface area contributed by atoms with E-state index in [9.17, 15) is 4.79 Å². The Balaban J connectivity index is 2.60. The number of carbonyl (C=O) groups excluding carboxylic acids is 1. The molecular weight excluding hydrogens is 316 g/mol. The first kappa shape index (κ1) is 19.2. The zero-order valence-corrected chi connectivity index (χ0v) is 16.1. The fraction of sp³-hybridized carbons (Fsp3) is 0.632. The maximum atomic E-state index is 12.6. The second kappa shape index (κ2) is 8.83. The molecule has 2 heterocycles. The van der Waals surface area contributed by atoms with E-state index in [-0.39, 0.29) is 5.97 Å². The maximum absolute atomic E-state index is 12.6. The summed E-state index contributed by atoms with van der Waals surface area (Å²) in [7, 11) is 0. The van der Waals surface area contributed by atoms with Gasteiger partial charge in [-0.05, 0) is 33.6 Å². The predicted molar refractivity (Wildman–Crippen MR) is 101 cm³/mol. The van der Waals surface area contributed by atoms with Crippen molar-refractivity contribution in [3.8, 4) is 0 Å². The summed E-state index contributed by atoms with van der Waals surface area (Å²) in [5.74, 6) is -0.326. The van der Waals surface area contributed by atoms with Gasteiger partial charge in [-0.2, -0.15) is 5.10 Å². The lowest BCUT2D eigenvalue weighted by molar-refractivity contribution is 0.0526. The van der Waals surface area contributed by atoms with Crippen molar-refractivity contribution in [3.63, 3.8) is 0 Å². The lowest BCUT2D eigenvalue weighted by Crippen LogP contribution is -2.22. The van der Waals surface area contributed by atoms with Gasteiger partial charge in [0.25, 0.3) is 0 Å². The Hall–Kier alpha value is -2.11. The van der Waals surface area contributed by atoms with Crippen molar-refractivity contribution >= 4 is 22.7 Å². The lowest BCUT2D eigenvalue weighted by Gasteiger charge is -2.22. The second-order valence-electron chi connectivity index (χ2n) is 6.28. The molecule has 25 heavy (non-hydrogen) atoms. The van der Waals surface area contributed by atoms with Crippen molar-refractivity contribution in [1.29, 1.82) is 0 Å². The Morgan fingerprint density at radius 1 is 1.24 bits per heavy atom. The van der Waals surface area contributed by atoms with Gasteiger partial charge in [-0.3, -0.25) is 0 Å². The molecule has 0 radical (unpaired) electrons. The first-order valence-corrected chi connectivity index (χ1v) is 9.36. The predicted octanol–water partition coefficient (Wildman–Crippen LogP) is 4.32. The summed E-state index contributed by atoms with van der Waals surface area (Å²) in [5, 5.41) is 8.92. The summed E-state index contributed by atoms with van der Waals surface area (Å²) in [6, 6.07) is 0.318. The molecule has 0 aromatic carbocycles. The van der Waals surface area contributed by atoms with Crippen LogP contribution in [0, 0.1) is 6.92 Å². The van der Waals surface area contributed by atoms with Crippen LogP contribution in [0.15, 0.2) is 6.20 Å². The molecule has 0 aliphatic rings. The highest BCUT2D eigenvalue weighted by Crippen LogP contribution is 2.31. The van der Waals surface area contributed by atoms with Crippen molar-refractivity contribution in [3.05, 3.63) is 17.5 Å². The van der Waals surface area contributed by atoms with E-state index in [1.165, 1.54) is 0 Å². The van der Waals surface area contributed by atoms with Crippen molar-refractivity contribution in [1.82, 2.24) is 14.8 Å². The third-order valence-corrected chi connectivity index (χ3v) is 4.37. The van der Waals surface area contributed by atoms with E-state index in [1.54, 1.807) is 6.20 Å². The minimum atomic E-state index is -0.326. The topological polar surface area (TPSA) is 69.0 Å². The molecule has 0 aliphatic carbocycles. The van der Waals surface area contributed by atoms with Gasteiger partial charge >= 0.3 is 5.97 Å². The Morgan fingerprint density at radius 2 is 1.92 bits per heavy atom. The monoisotopic (exact) mass is 346 g/mol. The van der Waals surface area contributed by atoms with Gasteiger partial charge in [-0.25, -0.2) is 14.5 Å². The number of nitrogens with one attached hydrogen (secondary N) is 1. The van der Waals surface area contributed by atoms with Crippen LogP contribution in [-0.4, -0.2) is 33.4 Å². The molecule has 0 bridgehead atoms. The Bertz CT molecular complexity index is 718. The Kier molecular flexibility index (Phi) is 6.79. The molecule has 138 valence electrons. The van der Waals surface area contributed by atoms with Crippen LogP contribution >= 0.6 is 0 Å². The van der Waals surface area contributed by atoms with Gasteiger partial charge in [0, 0.05) is 12.6 Å². The van der Waals surface area contributed by atoms with Crippen molar-refractivity contribution in [2.75, 3.05) is 11.9 Å². The Morgan fingerprint density at radius 3 is 2.48 bits per heavy atom. The number of esters is 1. The number of nitrogens with zero attached hydrogens (tertiary/aromatic N) is 3. The highest BCUT2D eigenvalue weighted by molar-refractivity contribution is 6.05. The van der Waals surface area contributed by atoms with Crippen LogP contribution in [-0.2, 0) is 11.3 Å². The first-order valence-electron chi connectivity index (χ1n) is 9.36. The number of hydrogen-bond donors (Lipinski definition) is 1. The minimum Gasteiger partial charge on any atom is -0.462 e. The molecule has 2 rings (SSSR count). The van der Waals surface area contributed by atoms with Crippen LogP contribution < -0.4 is 5.32 Å². The molecule has 0 aliphatic heterocycles. The lowest BCUT2D eigenvalue weighted by atomic mass is 10.0. The van der Waals surface area contributed by atoms with E-state index in [0.717, 1.165) is 48.9 Å². The molecule has 6 heteroatoms. The molecule has 0 atom stereocenters. The third-order valence-electron chi connectivity index (χ3n) is 4.37. The van der Waals surface area contributed by atoms with Gasteiger partial charge in [0.05, 0.1) is 29.6 Å². The fourth-order valence-electron chi connectivity index (χ4n) is 3.23. The van der Waals surface area contributed by atoms with E-state index in [4.69, 9.17) is 4.74 Å². The van der Waals surface area contributed by atoms with Crippen molar-refractivity contribution in [2.45, 2.75) is 72.9 Å². The maximum Gasteiger partial charge on any atom is 0.342 e. The normalized spacial score (nSPS) is 11.3. The first-order chi connectivity index (χ1) is 12.1. The molecule has 0 unspecified atom stereocenters. The summed E-state index contributed by atoms with van der Waals surface area (Å²) in [4.78, 5) is 17.2. The second-order valence-corrected chi connectivity index (χ2v) is 6.28. The quantitative estimate of drug-likeness (QED) is 0.685. The average molecular weight is 346 g/mol. The molecule has 0 fully saturated rings. The van der Waals surface area contributed by atoms with Gasteiger partial charge in [0.2, 0.25) is 0 Å². The van der Waals surface area contributed by atoms with E-state index < -0.39 is 0 Å². The van der Waals surface area contributed by atoms with Crippen molar-refractivity contribution in [2.24, 2.45) is 0 Å². The zero-order valence-electron chi connectivity index (χ0n) is 16.1. The average Bonchev–Trinajstić information content (AvgIpc) is 2.98. The van der Waals surface area contributed by atoms with Gasteiger partial charge in [0.1, 0.15) is 5.56 Å². The SMILES string of the molecule is CCCC(CCC)Nc1c(C(=O)OCC)c(C)nc2c1cnn2CC. The number of carbonyl (C=O) groups is 1. The summed E-state index contributed by atoms with van der Waals surface area (Å²) in [6.07, 6.45) is 6.09. The Labute approximate surface area is 150 Å². The van der Waals surface area contributed by atoms with E-state index in [1.807, 2.05) is 25.5 Å². The number of aromatic nitrogens is 3. The highest BCUT2D eigenvalue weighted by atomic mass is 16.5. The standard InChI is InChI=1S/C19H30N4O2/c1-6-10-14(11-7-2)22-17-15-12-20-23(8-3)18(15)21-13(5)16(17)19(24)25-9-4/h12,14H,6-11H2,1-5H3,(H,21,22). The van der Waals surface area contributed by atoms with Gasteiger partial charge in [-0.15, -0.1) is 0 Å². The molecule has 0 saturated heterocycles. The van der Waals surface area contributed by atoms with Crippen LogP contribution in [0.4, 0.5) is 5.69 Å². The number of ether oxygens (including phenoxy) is 1. The summed E-state index contributed by atoms with van der Waals surface area (Å²) < 4.78 is 7.15. The van der Waals surface area contributed by atoms with Crippen LogP contribution in [0.2, 0.25) is 0 Å². The van der Waals surface area contributed by atoms with Gasteiger partial charge in [0.15, 0.2) is 5.65 Å². The highest BCUT2D eigenvalue weighted by Gasteiger charge is 2.23. The summed E-state index contributed by atoms with van der Waals surface area (Å²) in [6.45, 7) is 11.2. The van der Waals surface area contributed by atoms with Crippen LogP contribution in [0.5, 0.6) is 0 Å². The number of rotatable bonds is 9. The molecule has 0 spiro atoms. The fourth-order valence-corrected chi connectivity index (χ4v) is 3.23. The number of anilines is 1. The number of hydrogen-bond acceptors (Lipinski definition) is 5. The molecule has 0 amide bonds. The number of fused-ring (bicyclic) bond motifs is 1. The third kappa shape index (κ3) is 4.11. The molecule has 1 N–H and O–H groups in total. The molecular formula is C19H30N4O2.